The molecule has 3 aromatic rings. The fourth-order valence-corrected chi connectivity index (χ4v) is 2.94. The molecule has 0 unspecified atom stereocenters. The van der Waals surface area contributed by atoms with Crippen LogP contribution in [0.5, 0.6) is 0 Å². The summed E-state index contributed by atoms with van der Waals surface area (Å²) in [5, 5.41) is 25.0. The van der Waals surface area contributed by atoms with Crippen LogP contribution in [0.2, 0.25) is 0 Å². The zero-order valence-corrected chi connectivity index (χ0v) is 15.9. The van der Waals surface area contributed by atoms with Crippen molar-refractivity contribution in [1.82, 2.24) is 9.78 Å². The second-order valence-corrected chi connectivity index (χ2v) is 6.56. The van der Waals surface area contributed by atoms with Crippen molar-refractivity contribution in [1.29, 1.82) is 0 Å². The molecule has 0 aliphatic carbocycles. The van der Waals surface area contributed by atoms with Crippen LogP contribution in [-0.4, -0.2) is 25.8 Å². The summed E-state index contributed by atoms with van der Waals surface area (Å²) < 4.78 is 1.39. The van der Waals surface area contributed by atoms with Crippen molar-refractivity contribution in [2.75, 3.05) is 0 Å². The molecule has 10 heteroatoms. The van der Waals surface area contributed by atoms with Gasteiger partial charge in [-0.05, 0) is 32.4 Å². The molecule has 0 aliphatic heterocycles. The number of nitrogens with zero attached hydrogens (tertiary/aromatic N) is 4. The van der Waals surface area contributed by atoms with Gasteiger partial charge in [0.25, 0.3) is 16.9 Å². The number of aryl methyl sites for hydroxylation is 3. The number of nitro groups is 2. The zero-order valence-electron chi connectivity index (χ0n) is 15.9. The van der Waals surface area contributed by atoms with Gasteiger partial charge in [-0.25, -0.2) is 4.68 Å². The molecule has 0 saturated heterocycles. The Labute approximate surface area is 164 Å². The van der Waals surface area contributed by atoms with E-state index in [1.165, 1.54) is 10.9 Å². The Morgan fingerprint density at radius 2 is 1.62 bits per heavy atom. The van der Waals surface area contributed by atoms with Gasteiger partial charge in [0.1, 0.15) is 0 Å². The SMILES string of the molecule is Cc1ccc(-n2[nH]c(C)c(C=Nc3cc([N+](=O)[O-])cc([N+](=O)[O-])c3)c2=O)c(C)c1. The molecule has 0 amide bonds. The Morgan fingerprint density at radius 3 is 2.17 bits per heavy atom. The van der Waals surface area contributed by atoms with Crippen LogP contribution in [0.3, 0.4) is 0 Å². The lowest BCUT2D eigenvalue weighted by Gasteiger charge is -2.06. The van der Waals surface area contributed by atoms with Crippen molar-refractivity contribution in [3.8, 4) is 5.69 Å². The molecule has 148 valence electrons. The molecule has 2 aromatic carbocycles. The van der Waals surface area contributed by atoms with Gasteiger partial charge < -0.3 is 0 Å². The second kappa shape index (κ2) is 7.50. The minimum atomic E-state index is -0.735. The van der Waals surface area contributed by atoms with Crippen LogP contribution in [0.25, 0.3) is 5.69 Å². The number of rotatable bonds is 5. The van der Waals surface area contributed by atoms with E-state index < -0.39 is 21.2 Å². The molecule has 0 spiro atoms. The van der Waals surface area contributed by atoms with Crippen molar-refractivity contribution in [3.63, 3.8) is 0 Å². The van der Waals surface area contributed by atoms with E-state index in [9.17, 15) is 25.0 Å². The number of hydrogen-bond donors (Lipinski definition) is 1. The van der Waals surface area contributed by atoms with E-state index in [1.54, 1.807) is 6.92 Å². The van der Waals surface area contributed by atoms with Crippen LogP contribution >= 0.6 is 0 Å². The molecule has 0 fully saturated rings. The van der Waals surface area contributed by atoms with E-state index in [0.717, 1.165) is 29.3 Å². The lowest BCUT2D eigenvalue weighted by atomic mass is 10.1. The van der Waals surface area contributed by atoms with Crippen LogP contribution in [0.1, 0.15) is 22.4 Å². The Bertz CT molecular complexity index is 1190. The summed E-state index contributed by atoms with van der Waals surface area (Å²) in [4.78, 5) is 37.4. The van der Waals surface area contributed by atoms with Crippen molar-refractivity contribution < 1.29 is 9.85 Å². The number of H-pyrrole nitrogens is 1. The third-order valence-corrected chi connectivity index (χ3v) is 4.36. The van der Waals surface area contributed by atoms with Crippen LogP contribution in [0.4, 0.5) is 17.1 Å². The minimum Gasteiger partial charge on any atom is -0.295 e. The molecule has 29 heavy (non-hydrogen) atoms. The normalized spacial score (nSPS) is 11.1. The predicted molar refractivity (Wildman–Crippen MR) is 108 cm³/mol. The van der Waals surface area contributed by atoms with Crippen LogP contribution in [-0.2, 0) is 0 Å². The fraction of sp³-hybridized carbons (Fsp3) is 0.158. The predicted octanol–water partition coefficient (Wildman–Crippen LogP) is 3.66. The van der Waals surface area contributed by atoms with Crippen LogP contribution in [0, 0.1) is 41.0 Å². The summed E-state index contributed by atoms with van der Waals surface area (Å²) in [6, 6.07) is 8.73. The molecule has 3 rings (SSSR count). The first-order valence-electron chi connectivity index (χ1n) is 8.54. The number of nitrogens with one attached hydrogen (secondary N) is 1. The summed E-state index contributed by atoms with van der Waals surface area (Å²) in [7, 11) is 0. The van der Waals surface area contributed by atoms with Gasteiger partial charge in [-0.3, -0.25) is 35.1 Å². The molecule has 0 saturated carbocycles. The van der Waals surface area contributed by atoms with Gasteiger partial charge in [0.2, 0.25) is 0 Å². The highest BCUT2D eigenvalue weighted by Gasteiger charge is 2.17. The van der Waals surface area contributed by atoms with E-state index in [0.29, 0.717) is 11.4 Å². The van der Waals surface area contributed by atoms with Gasteiger partial charge in [0, 0.05) is 24.0 Å². The maximum absolute atomic E-state index is 12.8. The van der Waals surface area contributed by atoms with E-state index in [4.69, 9.17) is 0 Å². The molecule has 0 aliphatic rings. The Hall–Kier alpha value is -4.08. The number of benzene rings is 2. The topological polar surface area (TPSA) is 136 Å². The first-order valence-corrected chi connectivity index (χ1v) is 8.54. The Kier molecular flexibility index (Phi) is 5.09. The average Bonchev–Trinajstić information content (AvgIpc) is 2.93. The summed E-state index contributed by atoms with van der Waals surface area (Å²) in [6.07, 6.45) is 1.25. The van der Waals surface area contributed by atoms with Gasteiger partial charge in [-0.2, -0.15) is 0 Å². The lowest BCUT2D eigenvalue weighted by Crippen LogP contribution is -2.18. The van der Waals surface area contributed by atoms with Crippen LogP contribution in [0.15, 0.2) is 46.2 Å². The zero-order chi connectivity index (χ0) is 21.3. The molecule has 1 N–H and O–H groups in total. The Morgan fingerprint density at radius 1 is 1.00 bits per heavy atom. The van der Waals surface area contributed by atoms with Crippen molar-refractivity contribution >= 4 is 23.3 Å². The summed E-state index contributed by atoms with van der Waals surface area (Å²) in [5.41, 5.74) is 2.20. The number of non-ortho nitro benzene ring substituents is 2. The van der Waals surface area contributed by atoms with Crippen molar-refractivity contribution in [3.05, 3.63) is 89.4 Å². The highest BCUT2D eigenvalue weighted by molar-refractivity contribution is 5.83. The quantitative estimate of drug-likeness (QED) is 0.399. The monoisotopic (exact) mass is 395 g/mol. The summed E-state index contributed by atoms with van der Waals surface area (Å²) in [6.45, 7) is 5.54. The maximum Gasteiger partial charge on any atom is 0.280 e. The lowest BCUT2D eigenvalue weighted by molar-refractivity contribution is -0.394. The summed E-state index contributed by atoms with van der Waals surface area (Å²) in [5.74, 6) is 0. The van der Waals surface area contributed by atoms with Gasteiger partial charge >= 0.3 is 0 Å². The number of hydrogen-bond acceptors (Lipinski definition) is 6. The van der Waals surface area contributed by atoms with Crippen molar-refractivity contribution in [2.45, 2.75) is 20.8 Å². The molecule has 0 radical (unpaired) electrons. The van der Waals surface area contributed by atoms with Crippen LogP contribution < -0.4 is 5.56 Å². The first kappa shape index (κ1) is 19.7. The number of nitro benzene ring substituents is 2. The fourth-order valence-electron chi connectivity index (χ4n) is 2.94. The molecule has 0 atom stereocenters. The molecule has 0 bridgehead atoms. The molecule has 10 nitrogen and oxygen atoms in total. The molecular formula is C19H17N5O5. The van der Waals surface area contributed by atoms with E-state index in [1.807, 2.05) is 32.0 Å². The third kappa shape index (κ3) is 3.95. The molecular weight excluding hydrogens is 378 g/mol. The third-order valence-electron chi connectivity index (χ3n) is 4.36. The first-order chi connectivity index (χ1) is 13.7. The van der Waals surface area contributed by atoms with Gasteiger partial charge in [0.15, 0.2) is 0 Å². The smallest absolute Gasteiger partial charge is 0.280 e. The van der Waals surface area contributed by atoms with E-state index >= 15 is 0 Å². The van der Waals surface area contributed by atoms with E-state index in [-0.39, 0.29) is 16.8 Å². The highest BCUT2D eigenvalue weighted by Crippen LogP contribution is 2.27. The molecule has 1 heterocycles. The number of aliphatic imine (C=N–C) groups is 1. The summed E-state index contributed by atoms with van der Waals surface area (Å²) >= 11 is 0. The number of aromatic nitrogens is 2. The largest absolute Gasteiger partial charge is 0.295 e. The van der Waals surface area contributed by atoms with Crippen molar-refractivity contribution in [2.24, 2.45) is 4.99 Å². The Balaban J connectivity index is 2.05. The minimum absolute atomic E-state index is 0.00367. The maximum atomic E-state index is 12.8. The number of aromatic amines is 1. The highest BCUT2D eigenvalue weighted by atomic mass is 16.6. The average molecular weight is 395 g/mol. The van der Waals surface area contributed by atoms with E-state index in [2.05, 4.69) is 10.1 Å². The van der Waals surface area contributed by atoms with Gasteiger partial charge in [-0.15, -0.1) is 0 Å². The standard InChI is InChI=1S/C19H17N5O5/c1-11-4-5-18(12(2)6-11)22-19(25)17(13(3)21-22)10-20-14-7-15(23(26)27)9-16(8-14)24(28)29/h4-10,21H,1-3H3. The molecule has 1 aromatic heterocycles. The van der Waals surface area contributed by atoms with Gasteiger partial charge in [0.05, 0.1) is 32.9 Å². The second-order valence-electron chi connectivity index (χ2n) is 6.56. The van der Waals surface area contributed by atoms with Gasteiger partial charge in [-0.1, -0.05) is 17.7 Å².